The third kappa shape index (κ3) is 5.98. The smallest absolute Gasteiger partial charge is 0.278 e. The zero-order valence-corrected chi connectivity index (χ0v) is 25.9. The van der Waals surface area contributed by atoms with Crippen molar-refractivity contribution in [1.82, 2.24) is 19.4 Å². The summed E-state index contributed by atoms with van der Waals surface area (Å²) in [6, 6.07) is 5.32. The molecule has 0 spiro atoms. The Morgan fingerprint density at radius 2 is 1.72 bits per heavy atom. The van der Waals surface area contributed by atoms with Crippen LogP contribution in [0.4, 0.5) is 27.8 Å². The first-order valence-electron chi connectivity index (χ1n) is 16.3. The molecule has 1 saturated carbocycles. The van der Waals surface area contributed by atoms with E-state index in [-0.39, 0.29) is 47.2 Å². The Labute approximate surface area is 264 Å². The van der Waals surface area contributed by atoms with Gasteiger partial charge in [0, 0.05) is 17.0 Å². The summed E-state index contributed by atoms with van der Waals surface area (Å²) in [4.78, 5) is 24.6. The van der Waals surface area contributed by atoms with Crippen LogP contribution in [0.1, 0.15) is 99.9 Å². The largest absolute Gasteiger partial charge is 0.363 e. The standard InChI is InChI=1S/C34H39F5N6O/c1-21-23-8-7-9-25(28(23)35)34(38,39)22-11-16-44(17-12-22)15-6-4-2-3-5-10-27(29(36)37)45-31-24(30(43-21)41-20-42-31)18-26(32(45)46)33(19-40)13-14-33/h7-9,18,20-22,27,29H,2-6,10-17H2,1H3,(H,41,42,43)/t21-,27?/m1/s1. The molecule has 8 bridgehead atoms. The Morgan fingerprint density at radius 1 is 1.00 bits per heavy atom. The fourth-order valence-corrected chi connectivity index (χ4v) is 7.23. The van der Waals surface area contributed by atoms with Crippen LogP contribution >= 0.6 is 0 Å². The average molecular weight is 643 g/mol. The number of nitrogens with zero attached hydrogens (tertiary/aromatic N) is 5. The summed E-state index contributed by atoms with van der Waals surface area (Å²) in [5, 5.41) is 13.3. The Morgan fingerprint density at radius 3 is 2.41 bits per heavy atom. The van der Waals surface area contributed by atoms with Crippen molar-refractivity contribution < 1.29 is 22.0 Å². The summed E-state index contributed by atoms with van der Waals surface area (Å²) in [6.07, 6.45) is 3.42. The topological polar surface area (TPSA) is 86.8 Å². The van der Waals surface area contributed by atoms with Gasteiger partial charge in [-0.2, -0.15) is 5.26 Å². The minimum atomic E-state index is -3.37. The quantitative estimate of drug-likeness (QED) is 0.290. The molecule has 1 aromatic carbocycles. The molecule has 12 heteroatoms. The van der Waals surface area contributed by atoms with E-state index in [0.29, 0.717) is 38.8 Å². The highest BCUT2D eigenvalue weighted by molar-refractivity contribution is 5.87. The number of piperidine rings is 1. The van der Waals surface area contributed by atoms with Crippen LogP contribution in [0.15, 0.2) is 35.4 Å². The van der Waals surface area contributed by atoms with Crippen LogP contribution in [0.25, 0.3) is 11.0 Å². The summed E-state index contributed by atoms with van der Waals surface area (Å²) in [5.74, 6) is -5.23. The number of rotatable bonds is 2. The van der Waals surface area contributed by atoms with E-state index < -0.39 is 52.7 Å². The van der Waals surface area contributed by atoms with Crippen molar-refractivity contribution in [1.29, 1.82) is 5.26 Å². The van der Waals surface area contributed by atoms with Gasteiger partial charge in [0.2, 0.25) is 0 Å². The molecule has 1 N–H and O–H groups in total. The maximum Gasteiger partial charge on any atom is 0.278 e. The molecule has 2 atom stereocenters. The first-order valence-corrected chi connectivity index (χ1v) is 16.3. The van der Waals surface area contributed by atoms with Crippen LogP contribution in [0, 0.1) is 23.1 Å². The van der Waals surface area contributed by atoms with E-state index in [2.05, 4.69) is 26.3 Å². The van der Waals surface area contributed by atoms with E-state index in [4.69, 9.17) is 0 Å². The van der Waals surface area contributed by atoms with Crippen LogP contribution in [0.2, 0.25) is 0 Å². The van der Waals surface area contributed by atoms with Crippen molar-refractivity contribution in [3.63, 3.8) is 0 Å². The van der Waals surface area contributed by atoms with Crippen LogP contribution < -0.4 is 10.9 Å². The minimum absolute atomic E-state index is 0.00166. The van der Waals surface area contributed by atoms with Crippen LogP contribution in [-0.4, -0.2) is 45.5 Å². The molecule has 7 rings (SSSR count). The lowest BCUT2D eigenvalue weighted by molar-refractivity contribution is -0.0880. The highest BCUT2D eigenvalue weighted by Gasteiger charge is 2.48. The lowest BCUT2D eigenvalue weighted by Crippen LogP contribution is -2.40. The van der Waals surface area contributed by atoms with Crippen LogP contribution in [0.5, 0.6) is 0 Å². The number of anilines is 1. The van der Waals surface area contributed by atoms with Gasteiger partial charge >= 0.3 is 0 Å². The molecule has 1 aliphatic carbocycles. The number of pyridine rings is 1. The number of hydrogen-bond donors (Lipinski definition) is 1. The first kappa shape index (κ1) is 32.4. The second kappa shape index (κ2) is 12.9. The first-order chi connectivity index (χ1) is 22.1. The van der Waals surface area contributed by atoms with Gasteiger partial charge in [-0.15, -0.1) is 0 Å². The van der Waals surface area contributed by atoms with Gasteiger partial charge in [-0.05, 0) is 71.1 Å². The highest BCUT2D eigenvalue weighted by Crippen LogP contribution is 2.48. The molecule has 4 aliphatic rings. The van der Waals surface area contributed by atoms with Gasteiger partial charge < -0.3 is 10.2 Å². The van der Waals surface area contributed by atoms with E-state index in [9.17, 15) is 18.8 Å². The van der Waals surface area contributed by atoms with Gasteiger partial charge in [-0.1, -0.05) is 43.9 Å². The van der Waals surface area contributed by atoms with Crippen molar-refractivity contribution in [2.45, 2.75) is 101 Å². The van der Waals surface area contributed by atoms with Crippen molar-refractivity contribution in [3.8, 4) is 6.07 Å². The Kier molecular flexibility index (Phi) is 9.07. The van der Waals surface area contributed by atoms with Gasteiger partial charge in [-0.25, -0.2) is 31.9 Å². The zero-order valence-electron chi connectivity index (χ0n) is 25.9. The summed E-state index contributed by atoms with van der Waals surface area (Å²) in [7, 11) is 0. The number of halogens is 5. The number of benzene rings is 1. The monoisotopic (exact) mass is 642 g/mol. The number of alkyl halides is 4. The van der Waals surface area contributed by atoms with Crippen molar-refractivity contribution in [2.24, 2.45) is 5.92 Å². The van der Waals surface area contributed by atoms with Crippen molar-refractivity contribution >= 4 is 16.9 Å². The lowest BCUT2D eigenvalue weighted by atomic mass is 9.85. The number of aromatic nitrogens is 3. The maximum absolute atomic E-state index is 16.0. The molecule has 1 saturated heterocycles. The molecule has 3 aliphatic heterocycles. The molecule has 2 aromatic heterocycles. The van der Waals surface area contributed by atoms with E-state index in [1.165, 1.54) is 18.2 Å². The van der Waals surface area contributed by atoms with Crippen LogP contribution in [0.3, 0.4) is 0 Å². The molecule has 46 heavy (non-hydrogen) atoms. The van der Waals surface area contributed by atoms with Gasteiger partial charge in [0.1, 0.15) is 23.6 Å². The molecule has 5 heterocycles. The third-order valence-corrected chi connectivity index (χ3v) is 10.2. The number of fused-ring (bicyclic) bond motifs is 10. The van der Waals surface area contributed by atoms with E-state index in [0.717, 1.165) is 42.8 Å². The molecule has 1 unspecified atom stereocenters. The van der Waals surface area contributed by atoms with Gasteiger partial charge in [0.05, 0.1) is 34.5 Å². The molecule has 246 valence electrons. The maximum atomic E-state index is 16.0. The minimum Gasteiger partial charge on any atom is -0.363 e. The third-order valence-electron chi connectivity index (χ3n) is 10.2. The highest BCUT2D eigenvalue weighted by atomic mass is 19.3. The van der Waals surface area contributed by atoms with Gasteiger partial charge in [0.15, 0.2) is 0 Å². The summed E-state index contributed by atoms with van der Waals surface area (Å²) >= 11 is 0. The van der Waals surface area contributed by atoms with E-state index in [1.807, 2.05) is 0 Å². The number of nitriles is 1. The van der Waals surface area contributed by atoms with Crippen molar-refractivity contribution in [3.05, 3.63) is 63.5 Å². The molecular weight excluding hydrogens is 603 g/mol. The average Bonchev–Trinajstić information content (AvgIpc) is 3.84. The Balaban J connectivity index is 1.46. The number of nitrogens with one attached hydrogen (secondary N) is 1. The summed E-state index contributed by atoms with van der Waals surface area (Å²) in [6.45, 7) is 3.39. The normalized spacial score (nSPS) is 26.6. The predicted octanol–water partition coefficient (Wildman–Crippen LogP) is 7.62. The fourth-order valence-electron chi connectivity index (χ4n) is 7.23. The molecule has 7 nitrogen and oxygen atoms in total. The van der Waals surface area contributed by atoms with Gasteiger partial charge in [0.25, 0.3) is 17.9 Å². The SMILES string of the molecule is C[C@H]1Nc2ncnc3c2cc(C2(C#N)CC2)c(=O)n3C(C(F)F)CCCCCCCN2CCC(CC2)C(F)(F)c2cccc1c2F. The Bertz CT molecular complexity index is 1670. The predicted molar refractivity (Wildman–Crippen MR) is 165 cm³/mol. The lowest BCUT2D eigenvalue weighted by Gasteiger charge is -2.36. The zero-order chi connectivity index (χ0) is 32.6. The molecular formula is C34H39F5N6O. The molecule has 3 aromatic rings. The number of hydrogen-bond acceptors (Lipinski definition) is 6. The van der Waals surface area contributed by atoms with Crippen molar-refractivity contribution in [2.75, 3.05) is 25.0 Å². The molecule has 0 amide bonds. The fraction of sp³-hybridized carbons (Fsp3) is 0.588. The van der Waals surface area contributed by atoms with E-state index in [1.54, 1.807) is 6.92 Å². The second-order valence-corrected chi connectivity index (χ2v) is 13.2. The van der Waals surface area contributed by atoms with Crippen LogP contribution in [-0.2, 0) is 11.3 Å². The summed E-state index contributed by atoms with van der Waals surface area (Å²) < 4.78 is 78.2. The molecule has 2 fully saturated rings. The Hall–Kier alpha value is -3.59. The van der Waals surface area contributed by atoms with Gasteiger partial charge in [-0.3, -0.25) is 9.36 Å². The second-order valence-electron chi connectivity index (χ2n) is 13.2. The van der Waals surface area contributed by atoms with E-state index >= 15 is 13.2 Å². The summed E-state index contributed by atoms with van der Waals surface area (Å²) in [5.41, 5.74) is -2.33. The molecule has 0 radical (unpaired) electrons.